The molecular formula is C14H12Cl2N2O. The Morgan fingerprint density at radius 2 is 2.05 bits per heavy atom. The molecule has 0 radical (unpaired) electrons. The van der Waals surface area contributed by atoms with Gasteiger partial charge in [0.05, 0.1) is 21.9 Å². The van der Waals surface area contributed by atoms with Crippen LogP contribution in [0.1, 0.15) is 12.0 Å². The van der Waals surface area contributed by atoms with Gasteiger partial charge in [-0.25, -0.2) is 0 Å². The highest BCUT2D eigenvalue weighted by Crippen LogP contribution is 2.23. The van der Waals surface area contributed by atoms with Gasteiger partial charge in [0.15, 0.2) is 0 Å². The van der Waals surface area contributed by atoms with Crippen molar-refractivity contribution in [1.82, 2.24) is 4.98 Å². The molecule has 0 fully saturated rings. The van der Waals surface area contributed by atoms with Gasteiger partial charge in [-0.1, -0.05) is 29.3 Å². The number of amides is 1. The lowest BCUT2D eigenvalue weighted by Gasteiger charge is -2.05. The van der Waals surface area contributed by atoms with Gasteiger partial charge < -0.3 is 5.32 Å². The maximum absolute atomic E-state index is 11.7. The van der Waals surface area contributed by atoms with Crippen LogP contribution in [0.5, 0.6) is 0 Å². The van der Waals surface area contributed by atoms with E-state index in [4.69, 9.17) is 23.2 Å². The Morgan fingerprint density at radius 3 is 2.74 bits per heavy atom. The van der Waals surface area contributed by atoms with Crippen molar-refractivity contribution in [2.75, 3.05) is 5.32 Å². The second kappa shape index (κ2) is 6.55. The molecule has 0 spiro atoms. The van der Waals surface area contributed by atoms with E-state index < -0.39 is 0 Å². The van der Waals surface area contributed by atoms with Crippen LogP contribution in [-0.4, -0.2) is 10.9 Å². The summed E-state index contributed by atoms with van der Waals surface area (Å²) in [5.74, 6) is -0.0564. The lowest BCUT2D eigenvalue weighted by Crippen LogP contribution is -2.12. The Labute approximate surface area is 121 Å². The van der Waals surface area contributed by atoms with Crippen molar-refractivity contribution < 1.29 is 4.79 Å². The van der Waals surface area contributed by atoms with Gasteiger partial charge in [-0.3, -0.25) is 9.78 Å². The number of carbonyl (C=O) groups excluding carboxylic acids is 1. The quantitative estimate of drug-likeness (QED) is 0.927. The molecule has 19 heavy (non-hydrogen) atoms. The topological polar surface area (TPSA) is 42.0 Å². The highest BCUT2D eigenvalue weighted by molar-refractivity contribution is 6.42. The molecule has 0 bridgehead atoms. The zero-order chi connectivity index (χ0) is 13.7. The predicted molar refractivity (Wildman–Crippen MR) is 77.6 cm³/mol. The zero-order valence-electron chi connectivity index (χ0n) is 10.1. The van der Waals surface area contributed by atoms with Crippen molar-refractivity contribution in [1.29, 1.82) is 0 Å². The van der Waals surface area contributed by atoms with Crippen LogP contribution in [0.3, 0.4) is 0 Å². The number of anilines is 1. The molecular weight excluding hydrogens is 283 g/mol. The van der Waals surface area contributed by atoms with Crippen LogP contribution in [0.15, 0.2) is 42.7 Å². The minimum Gasteiger partial charge on any atom is -0.325 e. The molecule has 0 aliphatic carbocycles. The molecule has 1 heterocycles. The van der Waals surface area contributed by atoms with Gasteiger partial charge in [0.2, 0.25) is 5.91 Å². The molecule has 0 unspecified atom stereocenters. The third-order valence-electron chi connectivity index (χ3n) is 2.57. The van der Waals surface area contributed by atoms with Crippen LogP contribution < -0.4 is 5.32 Å². The van der Waals surface area contributed by atoms with Crippen molar-refractivity contribution in [3.63, 3.8) is 0 Å². The number of nitrogens with one attached hydrogen (secondary N) is 1. The Bertz CT molecular complexity index is 573. The van der Waals surface area contributed by atoms with Crippen LogP contribution in [-0.2, 0) is 11.2 Å². The number of benzene rings is 1. The van der Waals surface area contributed by atoms with E-state index in [9.17, 15) is 4.79 Å². The van der Waals surface area contributed by atoms with Crippen LogP contribution >= 0.6 is 23.2 Å². The van der Waals surface area contributed by atoms with Gasteiger partial charge in [0.25, 0.3) is 0 Å². The summed E-state index contributed by atoms with van der Waals surface area (Å²) in [5, 5.41) is 3.80. The summed E-state index contributed by atoms with van der Waals surface area (Å²) in [6.07, 6.45) is 4.26. The molecule has 2 aromatic rings. The standard InChI is InChI=1S/C14H12Cl2N2O/c15-12-5-3-10(8-13(12)16)4-6-14(19)18-11-2-1-7-17-9-11/h1-3,5,7-9H,4,6H2,(H,18,19). The fourth-order valence-electron chi connectivity index (χ4n) is 1.61. The molecule has 1 aromatic heterocycles. The van der Waals surface area contributed by atoms with Crippen molar-refractivity contribution in [3.05, 3.63) is 58.3 Å². The molecule has 5 heteroatoms. The summed E-state index contributed by atoms with van der Waals surface area (Å²) < 4.78 is 0. The molecule has 3 nitrogen and oxygen atoms in total. The van der Waals surface area contributed by atoms with Gasteiger partial charge in [-0.15, -0.1) is 0 Å². The molecule has 2 rings (SSSR count). The van der Waals surface area contributed by atoms with Gasteiger partial charge >= 0.3 is 0 Å². The second-order valence-corrected chi connectivity index (χ2v) is 4.85. The molecule has 0 atom stereocenters. The zero-order valence-corrected chi connectivity index (χ0v) is 11.6. The predicted octanol–water partition coefficient (Wildman–Crippen LogP) is 3.96. The van der Waals surface area contributed by atoms with E-state index in [1.807, 2.05) is 6.07 Å². The van der Waals surface area contributed by atoms with E-state index in [2.05, 4.69) is 10.3 Å². The Morgan fingerprint density at radius 1 is 1.21 bits per heavy atom. The number of aryl methyl sites for hydroxylation is 1. The van der Waals surface area contributed by atoms with Gasteiger partial charge in [-0.05, 0) is 36.2 Å². The first-order valence-corrected chi connectivity index (χ1v) is 6.54. The summed E-state index contributed by atoms with van der Waals surface area (Å²) in [5.41, 5.74) is 1.68. The monoisotopic (exact) mass is 294 g/mol. The molecule has 1 amide bonds. The molecule has 0 saturated heterocycles. The first-order chi connectivity index (χ1) is 9.15. The van der Waals surface area contributed by atoms with Crippen molar-refractivity contribution in [2.24, 2.45) is 0 Å². The lowest BCUT2D eigenvalue weighted by molar-refractivity contribution is -0.116. The maximum atomic E-state index is 11.7. The largest absolute Gasteiger partial charge is 0.325 e. The Balaban J connectivity index is 1.88. The van der Waals surface area contributed by atoms with Crippen molar-refractivity contribution in [2.45, 2.75) is 12.8 Å². The third-order valence-corrected chi connectivity index (χ3v) is 3.31. The molecule has 0 aliphatic heterocycles. The summed E-state index contributed by atoms with van der Waals surface area (Å²) in [6, 6.07) is 8.95. The minimum atomic E-state index is -0.0564. The van der Waals surface area contributed by atoms with Crippen LogP contribution in [0.25, 0.3) is 0 Å². The molecule has 98 valence electrons. The fraction of sp³-hybridized carbons (Fsp3) is 0.143. The van der Waals surface area contributed by atoms with Gasteiger partial charge in [0.1, 0.15) is 0 Å². The Kier molecular flexibility index (Phi) is 4.77. The van der Waals surface area contributed by atoms with Crippen LogP contribution in [0.4, 0.5) is 5.69 Å². The molecule has 1 aromatic carbocycles. The van der Waals surface area contributed by atoms with E-state index in [0.717, 1.165) is 5.56 Å². The smallest absolute Gasteiger partial charge is 0.224 e. The lowest BCUT2D eigenvalue weighted by atomic mass is 10.1. The van der Waals surface area contributed by atoms with Crippen LogP contribution in [0.2, 0.25) is 10.0 Å². The average molecular weight is 295 g/mol. The number of rotatable bonds is 4. The SMILES string of the molecule is O=C(CCc1ccc(Cl)c(Cl)c1)Nc1cccnc1. The number of hydrogen-bond acceptors (Lipinski definition) is 2. The number of halogens is 2. The second-order valence-electron chi connectivity index (χ2n) is 4.04. The van der Waals surface area contributed by atoms with E-state index in [1.54, 1.807) is 36.7 Å². The number of hydrogen-bond donors (Lipinski definition) is 1. The van der Waals surface area contributed by atoms with Crippen molar-refractivity contribution >= 4 is 34.8 Å². The van der Waals surface area contributed by atoms with E-state index in [1.165, 1.54) is 0 Å². The molecule has 0 aliphatic rings. The number of nitrogens with zero attached hydrogens (tertiary/aromatic N) is 1. The summed E-state index contributed by atoms with van der Waals surface area (Å²) in [6.45, 7) is 0. The normalized spacial score (nSPS) is 10.2. The number of carbonyl (C=O) groups is 1. The minimum absolute atomic E-state index is 0.0564. The summed E-state index contributed by atoms with van der Waals surface area (Å²) >= 11 is 11.8. The first kappa shape index (κ1) is 13.8. The van der Waals surface area contributed by atoms with E-state index in [0.29, 0.717) is 28.6 Å². The highest BCUT2D eigenvalue weighted by atomic mass is 35.5. The van der Waals surface area contributed by atoms with E-state index in [-0.39, 0.29) is 5.91 Å². The Hall–Kier alpha value is -1.58. The van der Waals surface area contributed by atoms with E-state index >= 15 is 0 Å². The summed E-state index contributed by atoms with van der Waals surface area (Å²) in [7, 11) is 0. The van der Waals surface area contributed by atoms with Gasteiger partial charge in [0, 0.05) is 12.6 Å². The number of pyridine rings is 1. The van der Waals surface area contributed by atoms with Crippen molar-refractivity contribution in [3.8, 4) is 0 Å². The molecule has 1 N–H and O–H groups in total. The fourth-order valence-corrected chi connectivity index (χ4v) is 1.93. The highest BCUT2D eigenvalue weighted by Gasteiger charge is 2.05. The maximum Gasteiger partial charge on any atom is 0.224 e. The first-order valence-electron chi connectivity index (χ1n) is 5.79. The summed E-state index contributed by atoms with van der Waals surface area (Å²) in [4.78, 5) is 15.7. The number of aromatic nitrogens is 1. The third kappa shape index (κ3) is 4.23. The molecule has 0 saturated carbocycles. The van der Waals surface area contributed by atoms with Gasteiger partial charge in [-0.2, -0.15) is 0 Å². The average Bonchev–Trinajstić information content (AvgIpc) is 2.41. The van der Waals surface area contributed by atoms with Crippen LogP contribution in [0, 0.1) is 0 Å².